The van der Waals surface area contributed by atoms with Crippen LogP contribution < -0.4 is 10.6 Å². The molecular formula is C21H29ClN4O3S. The molecule has 0 radical (unpaired) electrons. The van der Waals surface area contributed by atoms with Gasteiger partial charge in [0.05, 0.1) is 19.1 Å². The number of carbonyl (C=O) groups is 2. The summed E-state index contributed by atoms with van der Waals surface area (Å²) in [4.78, 5) is 26.2. The molecule has 0 aromatic heterocycles. The van der Waals surface area contributed by atoms with Crippen LogP contribution in [0.4, 0.5) is 0 Å². The van der Waals surface area contributed by atoms with Crippen molar-refractivity contribution in [3.8, 4) is 12.3 Å². The maximum Gasteiger partial charge on any atom is 0.240 e. The highest BCUT2D eigenvalue weighted by Crippen LogP contribution is 2.30. The van der Waals surface area contributed by atoms with E-state index in [1.54, 1.807) is 10.6 Å². The second-order valence-electron chi connectivity index (χ2n) is 7.22. The third kappa shape index (κ3) is 7.18. The summed E-state index contributed by atoms with van der Waals surface area (Å²) < 4.78 is 14.0. The van der Waals surface area contributed by atoms with Crippen LogP contribution in [0.3, 0.4) is 0 Å². The lowest BCUT2D eigenvalue weighted by atomic mass is 10.00. The number of likely N-dealkylation sites (tertiary alicyclic amines) is 1. The molecule has 1 aliphatic rings. The molecule has 0 bridgehead atoms. The molecule has 1 aliphatic heterocycles. The van der Waals surface area contributed by atoms with Crippen molar-refractivity contribution in [2.45, 2.75) is 31.8 Å². The van der Waals surface area contributed by atoms with E-state index in [0.717, 1.165) is 36.5 Å². The van der Waals surface area contributed by atoms with Gasteiger partial charge in [0.2, 0.25) is 11.8 Å². The predicted molar refractivity (Wildman–Crippen MR) is 120 cm³/mol. The first-order valence-corrected chi connectivity index (χ1v) is 11.8. The van der Waals surface area contributed by atoms with E-state index < -0.39 is 11.4 Å². The standard InChI is InChI=1S/C21H29ClN4O3S/c1-4-11-23-20(27)14-24-21(28)15-26(30(3)29)17-9-12-25(13-10-17)16(2)18-7-5-6-8-19(18)22/h1,5-8,16-17H,9-15H2,2-3H3,(H,23,27)(H,24,28). The molecule has 7 nitrogen and oxygen atoms in total. The van der Waals surface area contributed by atoms with Crippen LogP contribution in [-0.2, 0) is 21.0 Å². The molecule has 1 aromatic carbocycles. The fraction of sp³-hybridized carbons (Fsp3) is 0.524. The summed E-state index contributed by atoms with van der Waals surface area (Å²) >= 11 is 5.04. The average Bonchev–Trinajstić information content (AvgIpc) is 2.74. The van der Waals surface area contributed by atoms with Crippen LogP contribution in [0.2, 0.25) is 5.02 Å². The minimum atomic E-state index is -1.30. The third-order valence-corrected chi connectivity index (χ3v) is 6.70. The second-order valence-corrected chi connectivity index (χ2v) is 8.94. The van der Waals surface area contributed by atoms with E-state index in [-0.39, 0.29) is 43.5 Å². The highest BCUT2D eigenvalue weighted by molar-refractivity contribution is 7.88. The van der Waals surface area contributed by atoms with Gasteiger partial charge in [0, 0.05) is 35.5 Å². The van der Waals surface area contributed by atoms with E-state index >= 15 is 0 Å². The van der Waals surface area contributed by atoms with Crippen molar-refractivity contribution in [2.24, 2.45) is 0 Å². The third-order valence-electron chi connectivity index (χ3n) is 5.27. The van der Waals surface area contributed by atoms with Gasteiger partial charge in [-0.1, -0.05) is 35.7 Å². The highest BCUT2D eigenvalue weighted by Gasteiger charge is 2.33. The van der Waals surface area contributed by atoms with E-state index in [9.17, 15) is 14.1 Å². The lowest BCUT2D eigenvalue weighted by molar-refractivity contribution is -0.126. The van der Waals surface area contributed by atoms with Crippen molar-refractivity contribution in [1.29, 1.82) is 0 Å². The van der Waals surface area contributed by atoms with Crippen LogP contribution >= 0.6 is 11.6 Å². The molecule has 2 atom stereocenters. The molecule has 164 valence electrons. The number of amides is 2. The first-order valence-electron chi connectivity index (χ1n) is 9.89. The number of rotatable bonds is 9. The van der Waals surface area contributed by atoms with Crippen LogP contribution in [-0.4, -0.2) is 70.6 Å². The lowest BCUT2D eigenvalue weighted by Gasteiger charge is -2.39. The number of carbonyl (C=O) groups excluding carboxylic acids is 2. The van der Waals surface area contributed by atoms with Gasteiger partial charge in [-0.15, -0.1) is 10.7 Å². The number of terminal acetylenes is 1. The molecule has 0 aliphatic carbocycles. The Morgan fingerprint density at radius 1 is 1.33 bits per heavy atom. The normalized spacial score (nSPS) is 17.2. The summed E-state index contributed by atoms with van der Waals surface area (Å²) in [6, 6.07) is 8.06. The van der Waals surface area contributed by atoms with Crippen molar-refractivity contribution in [1.82, 2.24) is 19.8 Å². The minimum absolute atomic E-state index is 0.0176. The zero-order chi connectivity index (χ0) is 22.1. The zero-order valence-electron chi connectivity index (χ0n) is 17.4. The van der Waals surface area contributed by atoms with Crippen molar-refractivity contribution < 1.29 is 14.1 Å². The summed E-state index contributed by atoms with van der Waals surface area (Å²) in [5.74, 6) is 1.60. The van der Waals surface area contributed by atoms with Crippen LogP contribution in [0.1, 0.15) is 31.4 Å². The van der Waals surface area contributed by atoms with Crippen molar-refractivity contribution in [2.75, 3.05) is 39.0 Å². The van der Waals surface area contributed by atoms with Gasteiger partial charge in [-0.05, 0) is 31.4 Å². The number of benzene rings is 1. The van der Waals surface area contributed by atoms with Gasteiger partial charge in [0.15, 0.2) is 0 Å². The fourth-order valence-corrected chi connectivity index (χ4v) is 4.81. The molecule has 2 rings (SSSR count). The molecule has 1 aromatic rings. The Morgan fingerprint density at radius 3 is 2.60 bits per heavy atom. The largest absolute Gasteiger partial charge is 0.598 e. The molecule has 2 unspecified atom stereocenters. The van der Waals surface area contributed by atoms with Crippen molar-refractivity contribution in [3.63, 3.8) is 0 Å². The number of halogens is 1. The Hall–Kier alpha value is -1.76. The molecule has 30 heavy (non-hydrogen) atoms. The van der Waals surface area contributed by atoms with Gasteiger partial charge in [0.25, 0.3) is 0 Å². The zero-order valence-corrected chi connectivity index (χ0v) is 19.0. The van der Waals surface area contributed by atoms with Gasteiger partial charge in [-0.25, -0.2) is 0 Å². The Labute approximate surface area is 186 Å². The monoisotopic (exact) mass is 452 g/mol. The first-order chi connectivity index (χ1) is 14.3. The lowest BCUT2D eigenvalue weighted by Crippen LogP contribution is -2.51. The summed E-state index contributed by atoms with van der Waals surface area (Å²) in [6.45, 7) is 3.72. The molecule has 2 N–H and O–H groups in total. The van der Waals surface area contributed by atoms with E-state index in [4.69, 9.17) is 18.0 Å². The summed E-state index contributed by atoms with van der Waals surface area (Å²) in [5, 5.41) is 5.79. The highest BCUT2D eigenvalue weighted by atomic mass is 35.5. The molecule has 2 amide bonds. The maximum atomic E-state index is 12.3. The average molecular weight is 453 g/mol. The quantitative estimate of drug-likeness (QED) is 0.436. The van der Waals surface area contributed by atoms with Crippen LogP contribution in [0.25, 0.3) is 0 Å². The van der Waals surface area contributed by atoms with E-state index in [1.165, 1.54) is 0 Å². The second kappa shape index (κ2) is 12.2. The topological polar surface area (TPSA) is 87.7 Å². The molecule has 1 heterocycles. The molecule has 9 heteroatoms. The van der Waals surface area contributed by atoms with Gasteiger partial charge >= 0.3 is 0 Å². The molecular weight excluding hydrogens is 424 g/mol. The Morgan fingerprint density at radius 2 is 2.00 bits per heavy atom. The van der Waals surface area contributed by atoms with Crippen LogP contribution in [0.15, 0.2) is 24.3 Å². The minimum Gasteiger partial charge on any atom is -0.598 e. The number of nitrogens with zero attached hydrogens (tertiary/aromatic N) is 2. The van der Waals surface area contributed by atoms with Crippen LogP contribution in [0, 0.1) is 12.3 Å². The van der Waals surface area contributed by atoms with Gasteiger partial charge < -0.3 is 15.2 Å². The van der Waals surface area contributed by atoms with Gasteiger partial charge in [0.1, 0.15) is 12.8 Å². The van der Waals surface area contributed by atoms with Crippen LogP contribution in [0.5, 0.6) is 0 Å². The Bertz CT molecular complexity index is 763. The van der Waals surface area contributed by atoms with E-state index in [0.29, 0.717) is 0 Å². The fourth-order valence-electron chi connectivity index (χ4n) is 3.59. The van der Waals surface area contributed by atoms with E-state index in [1.807, 2.05) is 24.3 Å². The Balaban J connectivity index is 1.86. The van der Waals surface area contributed by atoms with Crippen molar-refractivity contribution in [3.05, 3.63) is 34.9 Å². The SMILES string of the molecule is C#CCNC(=O)CNC(=O)CN(C1CCN(C(C)c2ccccc2Cl)CC1)[S+](C)[O-]. The number of piperidine rings is 1. The smallest absolute Gasteiger partial charge is 0.240 e. The summed E-state index contributed by atoms with van der Waals surface area (Å²) in [5.41, 5.74) is 1.09. The number of hydrogen-bond acceptors (Lipinski definition) is 5. The Kier molecular flexibility index (Phi) is 9.95. The summed E-state index contributed by atoms with van der Waals surface area (Å²) in [6.07, 6.45) is 8.25. The summed E-state index contributed by atoms with van der Waals surface area (Å²) in [7, 11) is 0. The molecule has 0 spiro atoms. The molecule has 1 fully saturated rings. The van der Waals surface area contributed by atoms with Gasteiger partial charge in [-0.2, -0.15) is 0 Å². The van der Waals surface area contributed by atoms with Gasteiger partial charge in [-0.3, -0.25) is 14.5 Å². The molecule has 0 saturated carbocycles. The first kappa shape index (κ1) is 24.5. The van der Waals surface area contributed by atoms with E-state index in [2.05, 4.69) is 28.4 Å². The maximum absolute atomic E-state index is 12.3. The number of hydrogen-bond donors (Lipinski definition) is 2. The predicted octanol–water partition coefficient (Wildman–Crippen LogP) is 1.33. The molecule has 1 saturated heterocycles. The van der Waals surface area contributed by atoms with Crippen molar-refractivity contribution >= 4 is 34.8 Å². The number of nitrogens with one attached hydrogen (secondary N) is 2.